The fourth-order valence-corrected chi connectivity index (χ4v) is 4.01. The Kier molecular flexibility index (Phi) is 7.39. The number of anilines is 2. The molecule has 3 amide bonds. The fourth-order valence-electron chi connectivity index (χ4n) is 4.01. The minimum Gasteiger partial charge on any atom is -0.331 e. The molecule has 2 aromatic rings. The molecule has 0 bridgehead atoms. The molecule has 2 N–H and O–H groups in total. The highest BCUT2D eigenvalue weighted by Gasteiger charge is 2.27. The lowest BCUT2D eigenvalue weighted by molar-refractivity contribution is -0.115. The number of halogens is 1. The van der Waals surface area contributed by atoms with E-state index >= 15 is 0 Å². The number of nitrogens with zero attached hydrogens (tertiary/aromatic N) is 1. The Hall–Kier alpha value is -3.22. The van der Waals surface area contributed by atoms with E-state index in [1.165, 1.54) is 26.0 Å². The predicted octanol–water partition coefficient (Wildman–Crippen LogP) is 4.72. The number of amides is 3. The second kappa shape index (κ2) is 10.2. The topological polar surface area (TPSA) is 78.5 Å². The zero-order chi connectivity index (χ0) is 22.4. The Morgan fingerprint density at radius 2 is 1.45 bits per heavy atom. The van der Waals surface area contributed by atoms with Crippen LogP contribution in [-0.2, 0) is 16.1 Å². The normalized spacial score (nSPS) is 14.0. The molecular weight excluding hydrogens is 397 g/mol. The summed E-state index contributed by atoms with van der Waals surface area (Å²) in [7, 11) is 0. The number of benzene rings is 2. The molecule has 3 rings (SSSR count). The van der Waals surface area contributed by atoms with Crippen molar-refractivity contribution < 1.29 is 18.8 Å². The number of nitrogens with one attached hydrogen (secondary N) is 2. The van der Waals surface area contributed by atoms with Gasteiger partial charge in [-0.3, -0.25) is 14.4 Å². The molecule has 6 nitrogen and oxygen atoms in total. The van der Waals surface area contributed by atoms with Gasteiger partial charge in [0.15, 0.2) is 0 Å². The van der Waals surface area contributed by atoms with Crippen LogP contribution in [-0.4, -0.2) is 28.7 Å². The van der Waals surface area contributed by atoms with Crippen molar-refractivity contribution in [3.05, 3.63) is 59.4 Å². The molecule has 164 valence electrons. The lowest BCUT2D eigenvalue weighted by Crippen LogP contribution is -2.41. The van der Waals surface area contributed by atoms with Crippen LogP contribution < -0.4 is 10.6 Å². The van der Waals surface area contributed by atoms with E-state index < -0.39 is 0 Å². The van der Waals surface area contributed by atoms with E-state index in [9.17, 15) is 18.8 Å². The van der Waals surface area contributed by atoms with Crippen molar-refractivity contribution in [1.82, 2.24) is 4.90 Å². The molecule has 0 unspecified atom stereocenters. The second-order valence-electron chi connectivity index (χ2n) is 8.01. The third-order valence-electron chi connectivity index (χ3n) is 5.36. The Bertz CT molecular complexity index is 919. The van der Waals surface area contributed by atoms with Crippen molar-refractivity contribution in [1.29, 1.82) is 0 Å². The van der Waals surface area contributed by atoms with E-state index in [-0.39, 0.29) is 29.6 Å². The third kappa shape index (κ3) is 6.38. The van der Waals surface area contributed by atoms with Gasteiger partial charge in [0.2, 0.25) is 11.8 Å². The lowest BCUT2D eigenvalue weighted by atomic mass is 9.93. The molecule has 0 radical (unpaired) electrons. The van der Waals surface area contributed by atoms with Crippen molar-refractivity contribution in [2.75, 3.05) is 10.6 Å². The van der Waals surface area contributed by atoms with Gasteiger partial charge in [-0.05, 0) is 48.7 Å². The highest BCUT2D eigenvalue weighted by atomic mass is 19.1. The maximum Gasteiger partial charge on any atom is 0.254 e. The smallest absolute Gasteiger partial charge is 0.254 e. The van der Waals surface area contributed by atoms with Crippen molar-refractivity contribution >= 4 is 29.1 Å². The standard InChI is InChI=1S/C24H28FN3O3/c1-16(29)26-21-12-19(13-22(14-21)27-17(2)30)24(31)28(23-6-4-3-5-7-23)15-18-8-10-20(25)11-9-18/h8-14,23H,3-7,15H2,1-2H3,(H,26,29)(H,27,30). The molecule has 31 heavy (non-hydrogen) atoms. The van der Waals surface area contributed by atoms with Crippen LogP contribution in [0.3, 0.4) is 0 Å². The van der Waals surface area contributed by atoms with Crippen LogP contribution in [0.1, 0.15) is 61.9 Å². The first kappa shape index (κ1) is 22.5. The van der Waals surface area contributed by atoms with Crippen LogP contribution in [0.4, 0.5) is 15.8 Å². The molecule has 0 atom stereocenters. The van der Waals surface area contributed by atoms with Crippen LogP contribution in [0.5, 0.6) is 0 Å². The largest absolute Gasteiger partial charge is 0.331 e. The van der Waals surface area contributed by atoms with Gasteiger partial charge < -0.3 is 15.5 Å². The molecule has 0 spiro atoms. The first-order valence-corrected chi connectivity index (χ1v) is 10.6. The monoisotopic (exact) mass is 425 g/mol. The van der Waals surface area contributed by atoms with E-state index in [4.69, 9.17) is 0 Å². The van der Waals surface area contributed by atoms with Gasteiger partial charge >= 0.3 is 0 Å². The summed E-state index contributed by atoms with van der Waals surface area (Å²) in [6.45, 7) is 3.13. The number of carbonyl (C=O) groups excluding carboxylic acids is 3. The molecule has 0 aliphatic heterocycles. The van der Waals surface area contributed by atoms with Crippen molar-refractivity contribution in [3.8, 4) is 0 Å². The van der Waals surface area contributed by atoms with Crippen LogP contribution in [0.2, 0.25) is 0 Å². The Labute approximate surface area is 181 Å². The van der Waals surface area contributed by atoms with Crippen molar-refractivity contribution in [2.45, 2.75) is 58.5 Å². The molecule has 7 heteroatoms. The van der Waals surface area contributed by atoms with Crippen LogP contribution in [0, 0.1) is 5.82 Å². The van der Waals surface area contributed by atoms with Gasteiger partial charge in [0.1, 0.15) is 5.82 Å². The van der Waals surface area contributed by atoms with E-state index in [1.54, 1.807) is 30.3 Å². The Morgan fingerprint density at radius 1 is 0.903 bits per heavy atom. The SMILES string of the molecule is CC(=O)Nc1cc(NC(C)=O)cc(C(=O)N(Cc2ccc(F)cc2)C2CCCCC2)c1. The molecule has 1 saturated carbocycles. The number of carbonyl (C=O) groups is 3. The molecule has 0 saturated heterocycles. The second-order valence-corrected chi connectivity index (χ2v) is 8.01. The minimum atomic E-state index is -0.317. The highest BCUT2D eigenvalue weighted by molar-refractivity contribution is 6.00. The van der Waals surface area contributed by atoms with Gasteiger partial charge in [-0.2, -0.15) is 0 Å². The van der Waals surface area contributed by atoms with Crippen LogP contribution in [0.15, 0.2) is 42.5 Å². The third-order valence-corrected chi connectivity index (χ3v) is 5.36. The summed E-state index contributed by atoms with van der Waals surface area (Å²) in [5, 5.41) is 5.37. The summed E-state index contributed by atoms with van der Waals surface area (Å²) in [6.07, 6.45) is 5.09. The summed E-state index contributed by atoms with van der Waals surface area (Å²) in [6, 6.07) is 11.1. The highest BCUT2D eigenvalue weighted by Crippen LogP contribution is 2.28. The first-order valence-electron chi connectivity index (χ1n) is 10.6. The average molecular weight is 426 g/mol. The van der Waals surface area contributed by atoms with Gasteiger partial charge in [-0.1, -0.05) is 31.4 Å². The summed E-state index contributed by atoms with van der Waals surface area (Å²) < 4.78 is 13.3. The molecule has 0 heterocycles. The van der Waals surface area contributed by atoms with Gasteiger partial charge in [0.05, 0.1) is 0 Å². The molecule has 1 aliphatic rings. The zero-order valence-electron chi connectivity index (χ0n) is 17.9. The van der Waals surface area contributed by atoms with Crippen LogP contribution >= 0.6 is 0 Å². The van der Waals surface area contributed by atoms with E-state index in [0.717, 1.165) is 37.7 Å². The molecule has 0 aromatic heterocycles. The molecule has 1 fully saturated rings. The number of hydrogen-bond donors (Lipinski definition) is 2. The van der Waals surface area contributed by atoms with Crippen molar-refractivity contribution in [2.24, 2.45) is 0 Å². The quantitative estimate of drug-likeness (QED) is 0.703. The first-order chi connectivity index (χ1) is 14.8. The van der Waals surface area contributed by atoms with E-state index in [1.807, 2.05) is 4.90 Å². The van der Waals surface area contributed by atoms with E-state index in [0.29, 0.717) is 23.5 Å². The van der Waals surface area contributed by atoms with E-state index in [2.05, 4.69) is 10.6 Å². The maximum absolute atomic E-state index is 13.6. The van der Waals surface area contributed by atoms with Gasteiger partial charge in [-0.15, -0.1) is 0 Å². The summed E-state index contributed by atoms with van der Waals surface area (Å²) in [5.41, 5.74) is 2.10. The Morgan fingerprint density at radius 3 is 1.97 bits per heavy atom. The summed E-state index contributed by atoms with van der Waals surface area (Å²) >= 11 is 0. The van der Waals surface area contributed by atoms with Gasteiger partial charge in [-0.25, -0.2) is 4.39 Å². The summed E-state index contributed by atoms with van der Waals surface area (Å²) in [5.74, 6) is -1.04. The lowest BCUT2D eigenvalue weighted by Gasteiger charge is -2.35. The predicted molar refractivity (Wildman–Crippen MR) is 118 cm³/mol. The van der Waals surface area contributed by atoms with Gasteiger partial charge in [0.25, 0.3) is 5.91 Å². The minimum absolute atomic E-state index is 0.0833. The maximum atomic E-state index is 13.6. The molecule has 1 aliphatic carbocycles. The van der Waals surface area contributed by atoms with Crippen molar-refractivity contribution in [3.63, 3.8) is 0 Å². The fraction of sp³-hybridized carbons (Fsp3) is 0.375. The molecular formula is C24H28FN3O3. The Balaban J connectivity index is 1.95. The molecule has 2 aromatic carbocycles. The van der Waals surface area contributed by atoms with Crippen LogP contribution in [0.25, 0.3) is 0 Å². The average Bonchev–Trinajstić information content (AvgIpc) is 2.72. The van der Waals surface area contributed by atoms with Gasteiger partial charge in [0, 0.05) is 43.4 Å². The number of rotatable bonds is 6. The number of hydrogen-bond acceptors (Lipinski definition) is 3. The summed E-state index contributed by atoms with van der Waals surface area (Å²) in [4.78, 5) is 38.6. The zero-order valence-corrected chi connectivity index (χ0v) is 17.9.